The van der Waals surface area contributed by atoms with E-state index in [2.05, 4.69) is 15.9 Å². The molecule has 0 fully saturated rings. The van der Waals surface area contributed by atoms with Gasteiger partial charge in [-0.1, -0.05) is 33.6 Å². The van der Waals surface area contributed by atoms with Crippen LogP contribution in [0.4, 0.5) is 0 Å². The standard InChI is InChI=1S/C15H14BrClO3/c16-12-2-1-3-14(9-12)19-6-7-20-15-5-4-13(17)8-11(15)10-18/h1-5,8-9,18H,6-7,10H2. The van der Waals surface area contributed by atoms with Crippen molar-refractivity contribution < 1.29 is 14.6 Å². The Morgan fingerprint density at radius 2 is 1.85 bits per heavy atom. The monoisotopic (exact) mass is 356 g/mol. The molecule has 0 aliphatic rings. The fourth-order valence-electron chi connectivity index (χ4n) is 1.68. The second-order valence-electron chi connectivity index (χ2n) is 4.06. The molecule has 0 unspecified atom stereocenters. The van der Waals surface area contributed by atoms with Gasteiger partial charge in [0.1, 0.15) is 24.7 Å². The zero-order valence-electron chi connectivity index (χ0n) is 10.7. The van der Waals surface area contributed by atoms with Crippen LogP contribution < -0.4 is 9.47 Å². The van der Waals surface area contributed by atoms with Gasteiger partial charge in [0.05, 0.1) is 6.61 Å². The average molecular weight is 358 g/mol. The number of ether oxygens (including phenoxy) is 2. The first-order chi connectivity index (χ1) is 9.69. The van der Waals surface area contributed by atoms with Gasteiger partial charge >= 0.3 is 0 Å². The van der Waals surface area contributed by atoms with Crippen molar-refractivity contribution in [2.24, 2.45) is 0 Å². The number of aliphatic hydroxyl groups is 1. The van der Waals surface area contributed by atoms with E-state index in [4.69, 9.17) is 21.1 Å². The Morgan fingerprint density at radius 3 is 2.60 bits per heavy atom. The van der Waals surface area contributed by atoms with Gasteiger partial charge in [-0.2, -0.15) is 0 Å². The highest BCUT2D eigenvalue weighted by Gasteiger charge is 2.04. The molecule has 20 heavy (non-hydrogen) atoms. The molecule has 0 spiro atoms. The highest BCUT2D eigenvalue weighted by Crippen LogP contribution is 2.23. The lowest BCUT2D eigenvalue weighted by Gasteiger charge is -2.11. The van der Waals surface area contributed by atoms with Gasteiger partial charge in [-0.3, -0.25) is 0 Å². The molecule has 2 aromatic rings. The quantitative estimate of drug-likeness (QED) is 0.793. The van der Waals surface area contributed by atoms with Gasteiger partial charge in [-0.05, 0) is 36.4 Å². The average Bonchev–Trinajstić information content (AvgIpc) is 2.45. The van der Waals surface area contributed by atoms with E-state index in [1.165, 1.54) is 0 Å². The Labute approximate surface area is 131 Å². The van der Waals surface area contributed by atoms with Crippen molar-refractivity contribution in [3.05, 3.63) is 57.5 Å². The van der Waals surface area contributed by atoms with Crippen LogP contribution in [-0.2, 0) is 6.61 Å². The van der Waals surface area contributed by atoms with Gasteiger partial charge < -0.3 is 14.6 Å². The maximum Gasteiger partial charge on any atom is 0.125 e. The largest absolute Gasteiger partial charge is 0.490 e. The van der Waals surface area contributed by atoms with E-state index >= 15 is 0 Å². The molecule has 5 heteroatoms. The minimum Gasteiger partial charge on any atom is -0.490 e. The fourth-order valence-corrected chi connectivity index (χ4v) is 2.25. The van der Waals surface area contributed by atoms with E-state index in [9.17, 15) is 5.11 Å². The Kier molecular flexibility index (Phi) is 5.71. The van der Waals surface area contributed by atoms with Crippen LogP contribution in [0.1, 0.15) is 5.56 Å². The summed E-state index contributed by atoms with van der Waals surface area (Å²) in [6.07, 6.45) is 0. The topological polar surface area (TPSA) is 38.7 Å². The molecule has 0 aliphatic heterocycles. The van der Waals surface area contributed by atoms with E-state index < -0.39 is 0 Å². The second-order valence-corrected chi connectivity index (χ2v) is 5.42. The van der Waals surface area contributed by atoms with Crippen molar-refractivity contribution in [3.8, 4) is 11.5 Å². The summed E-state index contributed by atoms with van der Waals surface area (Å²) in [6, 6.07) is 12.8. The fraction of sp³-hybridized carbons (Fsp3) is 0.200. The van der Waals surface area contributed by atoms with Crippen molar-refractivity contribution in [3.63, 3.8) is 0 Å². The SMILES string of the molecule is OCc1cc(Cl)ccc1OCCOc1cccc(Br)c1. The number of halogens is 2. The number of hydrogen-bond acceptors (Lipinski definition) is 3. The maximum atomic E-state index is 9.23. The zero-order valence-corrected chi connectivity index (χ0v) is 13.0. The number of hydrogen-bond donors (Lipinski definition) is 1. The molecule has 0 saturated heterocycles. The molecule has 0 bridgehead atoms. The minimum absolute atomic E-state index is 0.109. The number of rotatable bonds is 6. The van der Waals surface area contributed by atoms with Crippen LogP contribution >= 0.6 is 27.5 Å². The predicted molar refractivity (Wildman–Crippen MR) is 82.5 cm³/mol. The van der Waals surface area contributed by atoms with Crippen molar-refractivity contribution >= 4 is 27.5 Å². The van der Waals surface area contributed by atoms with E-state index in [1.807, 2.05) is 24.3 Å². The Morgan fingerprint density at radius 1 is 1.05 bits per heavy atom. The second kappa shape index (κ2) is 7.53. The summed E-state index contributed by atoms with van der Waals surface area (Å²) in [4.78, 5) is 0. The van der Waals surface area contributed by atoms with Crippen LogP contribution in [0.25, 0.3) is 0 Å². The van der Waals surface area contributed by atoms with Crippen molar-refractivity contribution in [1.29, 1.82) is 0 Å². The Hall–Kier alpha value is -1.23. The number of benzene rings is 2. The molecule has 0 heterocycles. The van der Waals surface area contributed by atoms with Crippen LogP contribution in [0.15, 0.2) is 46.9 Å². The van der Waals surface area contributed by atoms with Crippen molar-refractivity contribution in [2.75, 3.05) is 13.2 Å². The van der Waals surface area contributed by atoms with E-state index in [0.717, 1.165) is 10.2 Å². The maximum absolute atomic E-state index is 9.23. The van der Waals surface area contributed by atoms with Gasteiger partial charge in [-0.25, -0.2) is 0 Å². The van der Waals surface area contributed by atoms with Gasteiger partial charge in [0.15, 0.2) is 0 Å². The van der Waals surface area contributed by atoms with Gasteiger partial charge in [0, 0.05) is 15.1 Å². The van der Waals surface area contributed by atoms with Gasteiger partial charge in [0.2, 0.25) is 0 Å². The summed E-state index contributed by atoms with van der Waals surface area (Å²) in [7, 11) is 0. The van der Waals surface area contributed by atoms with Crippen LogP contribution in [0.5, 0.6) is 11.5 Å². The lowest BCUT2D eigenvalue weighted by Crippen LogP contribution is -2.10. The smallest absolute Gasteiger partial charge is 0.125 e. The summed E-state index contributed by atoms with van der Waals surface area (Å²) < 4.78 is 12.1. The van der Waals surface area contributed by atoms with Gasteiger partial charge in [-0.15, -0.1) is 0 Å². The third-order valence-electron chi connectivity index (χ3n) is 2.60. The molecule has 1 N–H and O–H groups in total. The van der Waals surface area contributed by atoms with Crippen LogP contribution in [0, 0.1) is 0 Å². The van der Waals surface area contributed by atoms with E-state index in [1.54, 1.807) is 18.2 Å². The van der Waals surface area contributed by atoms with E-state index in [-0.39, 0.29) is 6.61 Å². The first kappa shape index (κ1) is 15.2. The Bertz CT molecular complexity index is 575. The summed E-state index contributed by atoms with van der Waals surface area (Å²) in [6.45, 7) is 0.702. The molecule has 0 aromatic heterocycles. The molecular formula is C15H14BrClO3. The molecule has 0 radical (unpaired) electrons. The molecule has 3 nitrogen and oxygen atoms in total. The normalized spacial score (nSPS) is 10.3. The summed E-state index contributed by atoms with van der Waals surface area (Å²) in [5, 5.41) is 9.81. The van der Waals surface area contributed by atoms with Gasteiger partial charge in [0.25, 0.3) is 0 Å². The van der Waals surface area contributed by atoms with E-state index in [0.29, 0.717) is 29.5 Å². The Balaban J connectivity index is 1.84. The predicted octanol–water partition coefficient (Wildman–Crippen LogP) is 4.05. The minimum atomic E-state index is -0.109. The van der Waals surface area contributed by atoms with Crippen LogP contribution in [0.2, 0.25) is 5.02 Å². The molecule has 106 valence electrons. The van der Waals surface area contributed by atoms with Crippen LogP contribution in [-0.4, -0.2) is 18.3 Å². The highest BCUT2D eigenvalue weighted by atomic mass is 79.9. The van der Waals surface area contributed by atoms with Crippen molar-refractivity contribution in [2.45, 2.75) is 6.61 Å². The van der Waals surface area contributed by atoms with Crippen molar-refractivity contribution in [1.82, 2.24) is 0 Å². The lowest BCUT2D eigenvalue weighted by molar-refractivity contribution is 0.210. The zero-order chi connectivity index (χ0) is 14.4. The molecule has 0 amide bonds. The molecular weight excluding hydrogens is 344 g/mol. The summed E-state index contributed by atoms with van der Waals surface area (Å²) in [5.74, 6) is 1.40. The lowest BCUT2D eigenvalue weighted by atomic mass is 10.2. The molecule has 0 aliphatic carbocycles. The number of aliphatic hydroxyl groups excluding tert-OH is 1. The third kappa shape index (κ3) is 4.40. The molecule has 2 aromatic carbocycles. The van der Waals surface area contributed by atoms with Crippen LogP contribution in [0.3, 0.4) is 0 Å². The first-order valence-corrected chi connectivity index (χ1v) is 7.26. The molecule has 2 rings (SSSR count). The first-order valence-electron chi connectivity index (χ1n) is 6.09. The third-order valence-corrected chi connectivity index (χ3v) is 3.33. The molecule has 0 atom stereocenters. The summed E-state index contributed by atoms with van der Waals surface area (Å²) >= 11 is 9.24. The highest BCUT2D eigenvalue weighted by molar-refractivity contribution is 9.10. The molecule has 0 saturated carbocycles. The summed E-state index contributed by atoms with van der Waals surface area (Å²) in [5.41, 5.74) is 0.667.